The molecule has 0 unspecified atom stereocenters. The SMILES string of the molecule is CN(C)c1ccc(NC(=O)[C@@H]2CC[C@H](c3ccccc3)N(C(=O)NCc3ccccc3)C2)cc1. The van der Waals surface area contributed by atoms with Crippen LogP contribution in [0.2, 0.25) is 0 Å². The van der Waals surface area contributed by atoms with Gasteiger partial charge in [-0.05, 0) is 48.2 Å². The number of piperidine rings is 1. The second-order valence-corrected chi connectivity index (χ2v) is 8.93. The fourth-order valence-electron chi connectivity index (χ4n) is 4.39. The summed E-state index contributed by atoms with van der Waals surface area (Å²) in [5.41, 5.74) is 3.97. The zero-order valence-corrected chi connectivity index (χ0v) is 19.8. The number of likely N-dealkylation sites (tertiary alicyclic amines) is 1. The van der Waals surface area contributed by atoms with Crippen molar-refractivity contribution in [1.29, 1.82) is 0 Å². The molecule has 0 spiro atoms. The van der Waals surface area contributed by atoms with Gasteiger partial charge in [0, 0.05) is 38.6 Å². The number of benzene rings is 3. The molecule has 1 aliphatic rings. The summed E-state index contributed by atoms with van der Waals surface area (Å²) in [6.07, 6.45) is 1.46. The van der Waals surface area contributed by atoms with Gasteiger partial charge in [0.2, 0.25) is 5.91 Å². The van der Waals surface area contributed by atoms with E-state index in [9.17, 15) is 9.59 Å². The highest BCUT2D eigenvalue weighted by molar-refractivity contribution is 5.93. The van der Waals surface area contributed by atoms with E-state index < -0.39 is 0 Å². The van der Waals surface area contributed by atoms with Crippen LogP contribution in [0.1, 0.15) is 30.0 Å². The predicted octanol–water partition coefficient (Wildman–Crippen LogP) is 5.05. The van der Waals surface area contributed by atoms with Gasteiger partial charge in [-0.15, -0.1) is 0 Å². The van der Waals surface area contributed by atoms with Crippen LogP contribution in [0.5, 0.6) is 0 Å². The molecule has 1 heterocycles. The van der Waals surface area contributed by atoms with E-state index in [1.165, 1.54) is 0 Å². The number of rotatable bonds is 6. The van der Waals surface area contributed by atoms with Crippen molar-refractivity contribution in [1.82, 2.24) is 10.2 Å². The highest BCUT2D eigenvalue weighted by Gasteiger charge is 2.35. The van der Waals surface area contributed by atoms with Gasteiger partial charge in [-0.25, -0.2) is 4.79 Å². The lowest BCUT2D eigenvalue weighted by Crippen LogP contribution is -2.49. The maximum Gasteiger partial charge on any atom is 0.318 e. The first-order valence-corrected chi connectivity index (χ1v) is 11.7. The first-order valence-electron chi connectivity index (χ1n) is 11.7. The number of carbonyl (C=O) groups is 2. The summed E-state index contributed by atoms with van der Waals surface area (Å²) < 4.78 is 0. The van der Waals surface area contributed by atoms with E-state index in [2.05, 4.69) is 22.8 Å². The van der Waals surface area contributed by atoms with E-state index in [-0.39, 0.29) is 23.9 Å². The minimum Gasteiger partial charge on any atom is -0.378 e. The molecule has 1 saturated heterocycles. The number of nitrogens with zero attached hydrogens (tertiary/aromatic N) is 2. The zero-order chi connectivity index (χ0) is 23.9. The monoisotopic (exact) mass is 456 g/mol. The molecule has 0 saturated carbocycles. The Morgan fingerprint density at radius 3 is 2.18 bits per heavy atom. The molecule has 3 amide bonds. The highest BCUT2D eigenvalue weighted by Crippen LogP contribution is 2.34. The van der Waals surface area contributed by atoms with Gasteiger partial charge in [0.25, 0.3) is 0 Å². The molecule has 0 bridgehead atoms. The summed E-state index contributed by atoms with van der Waals surface area (Å²) in [6.45, 7) is 0.828. The number of hydrogen-bond donors (Lipinski definition) is 2. The van der Waals surface area contributed by atoms with Gasteiger partial charge >= 0.3 is 6.03 Å². The predicted molar refractivity (Wildman–Crippen MR) is 137 cm³/mol. The van der Waals surface area contributed by atoms with Gasteiger partial charge in [0.05, 0.1) is 12.0 Å². The normalized spacial score (nSPS) is 17.6. The number of nitrogens with one attached hydrogen (secondary N) is 2. The summed E-state index contributed by atoms with van der Waals surface area (Å²) in [5.74, 6) is -0.319. The average Bonchev–Trinajstić information content (AvgIpc) is 2.88. The highest BCUT2D eigenvalue weighted by atomic mass is 16.2. The molecule has 6 heteroatoms. The molecule has 3 aromatic carbocycles. The quantitative estimate of drug-likeness (QED) is 0.545. The van der Waals surface area contributed by atoms with Crippen molar-refractivity contribution in [2.45, 2.75) is 25.4 Å². The number of amides is 3. The third-order valence-electron chi connectivity index (χ3n) is 6.34. The standard InChI is InChI=1S/C28H32N4O2/c1-31(2)25-16-14-24(15-17-25)30-27(33)23-13-18-26(22-11-7-4-8-12-22)32(20-23)28(34)29-19-21-9-5-3-6-10-21/h3-12,14-17,23,26H,13,18-20H2,1-2H3,(H,29,34)(H,30,33)/t23-,26-/m1/s1. The van der Waals surface area contributed by atoms with E-state index in [1.807, 2.05) is 96.7 Å². The number of urea groups is 1. The van der Waals surface area contributed by atoms with Crippen LogP contribution in [0, 0.1) is 5.92 Å². The molecule has 0 aromatic heterocycles. The molecule has 0 radical (unpaired) electrons. The van der Waals surface area contributed by atoms with Crippen LogP contribution in [0.15, 0.2) is 84.9 Å². The topological polar surface area (TPSA) is 64.7 Å². The van der Waals surface area contributed by atoms with Gasteiger partial charge in [0.15, 0.2) is 0 Å². The van der Waals surface area contributed by atoms with Gasteiger partial charge in [-0.2, -0.15) is 0 Å². The molecular formula is C28H32N4O2. The van der Waals surface area contributed by atoms with Gasteiger partial charge in [-0.1, -0.05) is 60.7 Å². The lowest BCUT2D eigenvalue weighted by Gasteiger charge is -2.39. The van der Waals surface area contributed by atoms with Crippen molar-refractivity contribution in [2.75, 3.05) is 30.9 Å². The second kappa shape index (κ2) is 10.9. The number of carbonyl (C=O) groups excluding carboxylic acids is 2. The van der Waals surface area contributed by atoms with Crippen LogP contribution in [0.25, 0.3) is 0 Å². The summed E-state index contributed by atoms with van der Waals surface area (Å²) in [7, 11) is 3.96. The van der Waals surface area contributed by atoms with Crippen molar-refractivity contribution in [3.05, 3.63) is 96.1 Å². The van der Waals surface area contributed by atoms with Crippen LogP contribution in [0.4, 0.5) is 16.2 Å². The second-order valence-electron chi connectivity index (χ2n) is 8.93. The third kappa shape index (κ3) is 5.76. The Morgan fingerprint density at radius 2 is 1.53 bits per heavy atom. The fourth-order valence-corrected chi connectivity index (χ4v) is 4.39. The summed E-state index contributed by atoms with van der Waals surface area (Å²) >= 11 is 0. The first kappa shape index (κ1) is 23.4. The molecule has 0 aliphatic carbocycles. The summed E-state index contributed by atoms with van der Waals surface area (Å²) in [4.78, 5) is 30.2. The Balaban J connectivity index is 1.46. The Labute approximate surface area is 201 Å². The fraction of sp³-hybridized carbons (Fsp3) is 0.286. The third-order valence-corrected chi connectivity index (χ3v) is 6.34. The van der Waals surface area contributed by atoms with Crippen LogP contribution in [0.3, 0.4) is 0 Å². The van der Waals surface area contributed by atoms with E-state index in [0.717, 1.165) is 35.3 Å². The van der Waals surface area contributed by atoms with Crippen molar-refractivity contribution in [3.63, 3.8) is 0 Å². The molecule has 4 rings (SSSR count). The minimum absolute atomic E-state index is 0.0509. The minimum atomic E-state index is -0.268. The lowest BCUT2D eigenvalue weighted by atomic mass is 9.88. The maximum absolute atomic E-state index is 13.3. The summed E-state index contributed by atoms with van der Waals surface area (Å²) in [6, 6.07) is 27.5. The van der Waals surface area contributed by atoms with E-state index in [4.69, 9.17) is 0 Å². The first-order chi connectivity index (χ1) is 16.5. The number of hydrogen-bond acceptors (Lipinski definition) is 3. The van der Waals surface area contributed by atoms with E-state index in [1.54, 1.807) is 0 Å². The number of anilines is 2. The van der Waals surface area contributed by atoms with Gasteiger partial charge in [-0.3, -0.25) is 4.79 Å². The molecule has 1 aliphatic heterocycles. The molecule has 2 atom stereocenters. The Morgan fingerprint density at radius 1 is 0.882 bits per heavy atom. The van der Waals surface area contributed by atoms with Crippen LogP contribution in [-0.4, -0.2) is 37.5 Å². The summed E-state index contributed by atoms with van der Waals surface area (Å²) in [5, 5.41) is 6.08. The molecule has 2 N–H and O–H groups in total. The molecule has 176 valence electrons. The van der Waals surface area contributed by atoms with E-state index in [0.29, 0.717) is 13.1 Å². The van der Waals surface area contributed by atoms with Crippen LogP contribution < -0.4 is 15.5 Å². The van der Waals surface area contributed by atoms with Gasteiger partial charge in [0.1, 0.15) is 0 Å². The van der Waals surface area contributed by atoms with Crippen LogP contribution >= 0.6 is 0 Å². The zero-order valence-electron chi connectivity index (χ0n) is 19.8. The van der Waals surface area contributed by atoms with Crippen molar-refractivity contribution < 1.29 is 9.59 Å². The molecule has 1 fully saturated rings. The molecular weight excluding hydrogens is 424 g/mol. The van der Waals surface area contributed by atoms with Crippen molar-refractivity contribution in [3.8, 4) is 0 Å². The Kier molecular flexibility index (Phi) is 7.48. The van der Waals surface area contributed by atoms with E-state index >= 15 is 0 Å². The Bertz CT molecular complexity index is 1080. The van der Waals surface area contributed by atoms with Crippen molar-refractivity contribution >= 4 is 23.3 Å². The van der Waals surface area contributed by atoms with Crippen LogP contribution in [-0.2, 0) is 11.3 Å². The maximum atomic E-state index is 13.3. The lowest BCUT2D eigenvalue weighted by molar-refractivity contribution is -0.121. The smallest absolute Gasteiger partial charge is 0.318 e. The molecule has 34 heavy (non-hydrogen) atoms. The largest absolute Gasteiger partial charge is 0.378 e. The molecule has 6 nitrogen and oxygen atoms in total. The van der Waals surface area contributed by atoms with Gasteiger partial charge < -0.3 is 20.4 Å². The van der Waals surface area contributed by atoms with Crippen molar-refractivity contribution in [2.24, 2.45) is 5.92 Å². The molecule has 3 aromatic rings. The Hall–Kier alpha value is -3.80. The average molecular weight is 457 g/mol.